The van der Waals surface area contributed by atoms with E-state index in [0.717, 1.165) is 18.4 Å². The third kappa shape index (κ3) is 3.47. The highest BCUT2D eigenvalue weighted by Crippen LogP contribution is 2.37. The zero-order valence-electron chi connectivity index (χ0n) is 10.6. The van der Waals surface area contributed by atoms with Gasteiger partial charge in [0.25, 0.3) is 0 Å². The third-order valence-electron chi connectivity index (χ3n) is 3.30. The standard InChI is InChI=1S/C14H17ClFN3/c1-2-5-18-14(17)19-11-6-10(7-11)9-3-4-13(16)12(15)8-9/h2-4,8,10-11H,1,5-7H2,(H3,17,18,19). The van der Waals surface area contributed by atoms with Crippen molar-refractivity contribution < 1.29 is 4.39 Å². The zero-order valence-corrected chi connectivity index (χ0v) is 11.3. The molecule has 1 saturated carbocycles. The van der Waals surface area contributed by atoms with Crippen LogP contribution < -0.4 is 11.1 Å². The van der Waals surface area contributed by atoms with E-state index in [9.17, 15) is 4.39 Å². The van der Waals surface area contributed by atoms with E-state index in [1.165, 1.54) is 6.07 Å². The van der Waals surface area contributed by atoms with Crippen LogP contribution in [0.15, 0.2) is 35.8 Å². The fourth-order valence-corrected chi connectivity index (χ4v) is 2.38. The highest BCUT2D eigenvalue weighted by Gasteiger charge is 2.30. The van der Waals surface area contributed by atoms with Gasteiger partial charge in [-0.3, -0.25) is 0 Å². The molecule has 0 bridgehead atoms. The molecule has 0 unspecified atom stereocenters. The van der Waals surface area contributed by atoms with E-state index >= 15 is 0 Å². The first-order valence-electron chi connectivity index (χ1n) is 6.22. The summed E-state index contributed by atoms with van der Waals surface area (Å²) in [4.78, 5) is 4.08. The maximum absolute atomic E-state index is 13.1. The van der Waals surface area contributed by atoms with E-state index in [-0.39, 0.29) is 10.8 Å². The van der Waals surface area contributed by atoms with Crippen LogP contribution in [0, 0.1) is 5.82 Å². The maximum Gasteiger partial charge on any atom is 0.189 e. The summed E-state index contributed by atoms with van der Waals surface area (Å²) in [6, 6.07) is 5.23. The lowest BCUT2D eigenvalue weighted by Gasteiger charge is -2.36. The van der Waals surface area contributed by atoms with E-state index in [4.69, 9.17) is 17.3 Å². The Balaban J connectivity index is 1.85. The summed E-state index contributed by atoms with van der Waals surface area (Å²) >= 11 is 5.78. The number of halogens is 2. The van der Waals surface area contributed by atoms with Crippen molar-refractivity contribution in [2.24, 2.45) is 10.7 Å². The first kappa shape index (κ1) is 13.9. The van der Waals surface area contributed by atoms with Crippen LogP contribution in [0.2, 0.25) is 5.02 Å². The monoisotopic (exact) mass is 281 g/mol. The molecule has 19 heavy (non-hydrogen) atoms. The van der Waals surface area contributed by atoms with Crippen molar-refractivity contribution in [2.75, 3.05) is 6.54 Å². The number of nitrogens with two attached hydrogens (primary N) is 1. The van der Waals surface area contributed by atoms with Gasteiger partial charge < -0.3 is 11.1 Å². The molecule has 1 aliphatic rings. The number of guanidine groups is 1. The second-order valence-electron chi connectivity index (χ2n) is 4.70. The molecule has 0 aliphatic heterocycles. The van der Waals surface area contributed by atoms with Crippen LogP contribution in [0.25, 0.3) is 0 Å². The van der Waals surface area contributed by atoms with Crippen molar-refractivity contribution in [3.05, 3.63) is 47.3 Å². The fourth-order valence-electron chi connectivity index (χ4n) is 2.19. The highest BCUT2D eigenvalue weighted by atomic mass is 35.5. The van der Waals surface area contributed by atoms with Gasteiger partial charge in [0, 0.05) is 6.04 Å². The van der Waals surface area contributed by atoms with Gasteiger partial charge in [0.2, 0.25) is 0 Å². The molecule has 0 spiro atoms. The van der Waals surface area contributed by atoms with Gasteiger partial charge in [-0.2, -0.15) is 0 Å². The summed E-state index contributed by atoms with van der Waals surface area (Å²) in [5, 5.41) is 3.33. The Bertz CT molecular complexity index is 495. The predicted molar refractivity (Wildman–Crippen MR) is 77.0 cm³/mol. The normalized spacial score (nSPS) is 22.7. The molecule has 1 aliphatic carbocycles. The number of aliphatic imine (C=N–C) groups is 1. The average Bonchev–Trinajstić information content (AvgIpc) is 2.34. The van der Waals surface area contributed by atoms with E-state index in [1.54, 1.807) is 18.2 Å². The van der Waals surface area contributed by atoms with Crippen molar-refractivity contribution in [1.29, 1.82) is 0 Å². The Morgan fingerprint density at radius 3 is 2.95 bits per heavy atom. The minimum absolute atomic E-state index is 0.181. The summed E-state index contributed by atoms with van der Waals surface area (Å²) in [6.45, 7) is 4.10. The van der Waals surface area contributed by atoms with Crippen LogP contribution in [-0.2, 0) is 0 Å². The molecular weight excluding hydrogens is 265 g/mol. The molecule has 1 aromatic carbocycles. The molecule has 5 heteroatoms. The van der Waals surface area contributed by atoms with E-state index < -0.39 is 0 Å². The smallest absolute Gasteiger partial charge is 0.189 e. The van der Waals surface area contributed by atoms with E-state index in [0.29, 0.717) is 24.5 Å². The van der Waals surface area contributed by atoms with Crippen molar-refractivity contribution in [1.82, 2.24) is 5.32 Å². The average molecular weight is 282 g/mol. The Labute approximate surface area is 117 Å². The topological polar surface area (TPSA) is 50.4 Å². The van der Waals surface area contributed by atoms with Gasteiger partial charge in [0.05, 0.1) is 11.6 Å². The van der Waals surface area contributed by atoms with Gasteiger partial charge in [-0.25, -0.2) is 9.38 Å². The molecule has 0 aromatic heterocycles. The lowest BCUT2D eigenvalue weighted by atomic mass is 9.76. The van der Waals surface area contributed by atoms with Crippen LogP contribution >= 0.6 is 11.6 Å². The van der Waals surface area contributed by atoms with Crippen LogP contribution in [0.3, 0.4) is 0 Å². The maximum atomic E-state index is 13.1. The summed E-state index contributed by atoms with van der Waals surface area (Å²) in [5.74, 6) is 0.475. The van der Waals surface area contributed by atoms with Crippen LogP contribution in [0.5, 0.6) is 0 Å². The molecule has 1 aromatic rings. The van der Waals surface area contributed by atoms with Crippen molar-refractivity contribution in [3.63, 3.8) is 0 Å². The van der Waals surface area contributed by atoms with Crippen LogP contribution in [-0.4, -0.2) is 18.5 Å². The lowest BCUT2D eigenvalue weighted by molar-refractivity contribution is 0.323. The molecule has 0 heterocycles. The molecular formula is C14H17ClFN3. The molecule has 0 amide bonds. The largest absolute Gasteiger partial charge is 0.370 e. The number of benzene rings is 1. The summed E-state index contributed by atoms with van der Waals surface area (Å²) in [7, 11) is 0. The quantitative estimate of drug-likeness (QED) is 0.506. The highest BCUT2D eigenvalue weighted by molar-refractivity contribution is 6.30. The number of hydrogen-bond donors (Lipinski definition) is 2. The van der Waals surface area contributed by atoms with Crippen molar-refractivity contribution in [2.45, 2.75) is 24.8 Å². The molecule has 3 N–H and O–H groups in total. The van der Waals surface area contributed by atoms with Gasteiger partial charge in [-0.05, 0) is 36.5 Å². The third-order valence-corrected chi connectivity index (χ3v) is 3.59. The number of nitrogens with one attached hydrogen (secondary N) is 1. The molecule has 0 atom stereocenters. The minimum Gasteiger partial charge on any atom is -0.370 e. The number of nitrogens with zero attached hydrogens (tertiary/aromatic N) is 1. The number of rotatable bonds is 4. The molecule has 0 saturated heterocycles. The van der Waals surface area contributed by atoms with Crippen molar-refractivity contribution in [3.8, 4) is 0 Å². The molecule has 0 radical (unpaired) electrons. The Hall–Kier alpha value is -1.55. The van der Waals surface area contributed by atoms with Crippen LogP contribution in [0.4, 0.5) is 4.39 Å². The fraction of sp³-hybridized carbons (Fsp3) is 0.357. The lowest BCUT2D eigenvalue weighted by Crippen LogP contribution is -2.46. The van der Waals surface area contributed by atoms with Crippen molar-refractivity contribution >= 4 is 17.6 Å². The predicted octanol–water partition coefficient (Wildman–Crippen LogP) is 2.82. The van der Waals surface area contributed by atoms with Gasteiger partial charge >= 0.3 is 0 Å². The molecule has 2 rings (SSSR count). The Morgan fingerprint density at radius 1 is 1.58 bits per heavy atom. The minimum atomic E-state index is -0.375. The molecule has 102 valence electrons. The first-order valence-corrected chi connectivity index (χ1v) is 6.60. The van der Waals surface area contributed by atoms with E-state index in [2.05, 4.69) is 16.9 Å². The summed E-state index contributed by atoms with van der Waals surface area (Å²) in [6.07, 6.45) is 3.59. The Kier molecular flexibility index (Phi) is 4.43. The summed E-state index contributed by atoms with van der Waals surface area (Å²) in [5.41, 5.74) is 6.79. The van der Waals surface area contributed by atoms with Gasteiger partial charge in [0.15, 0.2) is 5.96 Å². The second-order valence-corrected chi connectivity index (χ2v) is 5.10. The summed E-state index contributed by atoms with van der Waals surface area (Å²) < 4.78 is 13.1. The SMILES string of the molecule is C=CCN=C(N)NC1CC(c2ccc(F)c(Cl)c2)C1. The second kappa shape index (κ2) is 6.06. The Morgan fingerprint density at radius 2 is 2.32 bits per heavy atom. The first-order chi connectivity index (χ1) is 9.10. The van der Waals surface area contributed by atoms with Gasteiger partial charge in [-0.15, -0.1) is 6.58 Å². The van der Waals surface area contributed by atoms with E-state index in [1.807, 2.05) is 0 Å². The van der Waals surface area contributed by atoms with Gasteiger partial charge in [0.1, 0.15) is 5.82 Å². The zero-order chi connectivity index (χ0) is 13.8. The van der Waals surface area contributed by atoms with Gasteiger partial charge in [-0.1, -0.05) is 23.7 Å². The molecule has 3 nitrogen and oxygen atoms in total. The number of hydrogen-bond acceptors (Lipinski definition) is 1. The molecule has 1 fully saturated rings. The van der Waals surface area contributed by atoms with Crippen LogP contribution in [0.1, 0.15) is 24.3 Å².